The molecule has 1 aromatic heterocycles. The summed E-state index contributed by atoms with van der Waals surface area (Å²) in [5, 5.41) is 8.92. The summed E-state index contributed by atoms with van der Waals surface area (Å²) in [5.41, 5.74) is 0.144. The Balaban J connectivity index is 1.97. The van der Waals surface area contributed by atoms with E-state index in [1.54, 1.807) is 16.8 Å². The molecular weight excluding hydrogens is 289 g/mol. The molecule has 8 nitrogen and oxygen atoms in total. The molecule has 1 saturated heterocycles. The number of carboxylic acid groups (broad SMARTS) is 1. The van der Waals surface area contributed by atoms with Gasteiger partial charge in [-0.1, -0.05) is 0 Å². The largest absolute Gasteiger partial charge is 0.477 e. The van der Waals surface area contributed by atoms with Crippen LogP contribution in [0.25, 0.3) is 0 Å². The summed E-state index contributed by atoms with van der Waals surface area (Å²) in [7, 11) is -4.50. The average Bonchev–Trinajstić information content (AvgIpc) is 2.84. The third kappa shape index (κ3) is 4.09. The van der Waals surface area contributed by atoms with Gasteiger partial charge in [0, 0.05) is 12.5 Å². The fraction of sp³-hybridized carbons (Fsp3) is 0.455. The first-order valence-electron chi connectivity index (χ1n) is 5.95. The maximum absolute atomic E-state index is 10.9. The van der Waals surface area contributed by atoms with Crippen molar-refractivity contribution < 1.29 is 38.1 Å². The second-order valence-electron chi connectivity index (χ2n) is 4.42. The summed E-state index contributed by atoms with van der Waals surface area (Å²) in [5.74, 6) is -1.03. The molecule has 2 atom stereocenters. The van der Waals surface area contributed by atoms with E-state index in [1.807, 2.05) is 0 Å². The molecule has 2 rings (SSSR count). The summed E-state index contributed by atoms with van der Waals surface area (Å²) in [4.78, 5) is 28.1. The highest BCUT2D eigenvalue weighted by molar-refractivity contribution is 7.46. The average molecular weight is 304 g/mol. The van der Waals surface area contributed by atoms with Gasteiger partial charge < -0.3 is 19.6 Å². The van der Waals surface area contributed by atoms with Crippen molar-refractivity contribution in [2.45, 2.75) is 25.2 Å². The predicted octanol–water partition coefficient (Wildman–Crippen LogP) is 0.459. The van der Waals surface area contributed by atoms with Gasteiger partial charge in [-0.05, 0) is 12.5 Å². The zero-order valence-electron chi connectivity index (χ0n) is 10.5. The Labute approximate surface area is 114 Å². The van der Waals surface area contributed by atoms with E-state index in [0.717, 1.165) is 0 Å². The fourth-order valence-corrected chi connectivity index (χ4v) is 2.37. The van der Waals surface area contributed by atoms with Crippen LogP contribution in [0.2, 0.25) is 0 Å². The second-order valence-corrected chi connectivity index (χ2v) is 5.66. The molecule has 2 heterocycles. The van der Waals surface area contributed by atoms with Crippen molar-refractivity contribution in [3.63, 3.8) is 0 Å². The van der Waals surface area contributed by atoms with Gasteiger partial charge in [0.05, 0.1) is 12.7 Å². The third-order valence-corrected chi connectivity index (χ3v) is 3.40. The highest BCUT2D eigenvalue weighted by Crippen LogP contribution is 2.37. The summed E-state index contributed by atoms with van der Waals surface area (Å²) < 4.78 is 22.2. The van der Waals surface area contributed by atoms with Crippen molar-refractivity contribution in [1.82, 2.24) is 0 Å². The summed E-state index contributed by atoms with van der Waals surface area (Å²) in [6.45, 7) is -0.194. The Morgan fingerprint density at radius 1 is 1.50 bits per heavy atom. The number of aromatic carboxylic acids is 1. The van der Waals surface area contributed by atoms with Gasteiger partial charge >= 0.3 is 13.8 Å². The number of carbonyl (C=O) groups is 1. The Morgan fingerprint density at radius 2 is 2.25 bits per heavy atom. The second kappa shape index (κ2) is 5.99. The van der Waals surface area contributed by atoms with Crippen LogP contribution in [0.5, 0.6) is 0 Å². The minimum Gasteiger partial charge on any atom is -0.477 e. The molecule has 0 amide bonds. The number of hydrogen-bond acceptors (Lipinski definition) is 4. The van der Waals surface area contributed by atoms with E-state index in [9.17, 15) is 9.36 Å². The molecule has 1 aliphatic heterocycles. The van der Waals surface area contributed by atoms with Crippen LogP contribution >= 0.6 is 7.82 Å². The van der Waals surface area contributed by atoms with Gasteiger partial charge in [-0.3, -0.25) is 4.52 Å². The zero-order chi connectivity index (χ0) is 14.8. The van der Waals surface area contributed by atoms with E-state index < -0.39 is 19.9 Å². The number of rotatable bonds is 5. The molecular formula is C11H15NO7P+. The first-order valence-corrected chi connectivity index (χ1v) is 7.48. The van der Waals surface area contributed by atoms with Crippen molar-refractivity contribution in [3.8, 4) is 0 Å². The Kier molecular flexibility index (Phi) is 4.52. The highest BCUT2D eigenvalue weighted by Gasteiger charge is 2.33. The number of phosphoric ester groups is 1. The molecule has 1 aliphatic rings. The smallest absolute Gasteiger partial charge is 0.469 e. The summed E-state index contributed by atoms with van der Waals surface area (Å²) in [6, 6.07) is 3.08. The molecule has 3 N–H and O–H groups in total. The van der Waals surface area contributed by atoms with Crippen LogP contribution in [0.3, 0.4) is 0 Å². The molecule has 0 saturated carbocycles. The van der Waals surface area contributed by atoms with E-state index in [-0.39, 0.29) is 18.4 Å². The normalized spacial score (nSPS) is 22.9. The molecule has 0 aliphatic carbocycles. The molecule has 9 heteroatoms. The number of carboxylic acids is 1. The molecule has 2 unspecified atom stereocenters. The fourth-order valence-electron chi connectivity index (χ4n) is 2.01. The first-order chi connectivity index (χ1) is 9.35. The summed E-state index contributed by atoms with van der Waals surface area (Å²) in [6.07, 6.45) is 3.55. The maximum atomic E-state index is 10.9. The molecule has 1 aromatic rings. The lowest BCUT2D eigenvalue weighted by Gasteiger charge is -2.11. The highest BCUT2D eigenvalue weighted by atomic mass is 31.2. The molecule has 0 bridgehead atoms. The molecule has 0 radical (unpaired) electrons. The van der Waals surface area contributed by atoms with Gasteiger partial charge in [-0.15, -0.1) is 0 Å². The van der Waals surface area contributed by atoms with E-state index in [1.165, 1.54) is 12.3 Å². The topological polar surface area (TPSA) is 117 Å². The molecule has 0 aromatic carbocycles. The molecule has 1 fully saturated rings. The standard InChI is InChI=1S/C11H14NO7P/c13-11(14)8-2-1-5-12(6-8)10-4-3-9(19-10)7-18-20(15,16)17/h1-2,5-6,9-10H,3-4,7H2,(H2-,13,14,15,16,17)/p+1. The van der Waals surface area contributed by atoms with Crippen LogP contribution in [0.15, 0.2) is 24.5 Å². The number of aromatic nitrogens is 1. The van der Waals surface area contributed by atoms with Gasteiger partial charge in [0.1, 0.15) is 5.56 Å². The first kappa shape index (κ1) is 15.1. The van der Waals surface area contributed by atoms with Crippen LogP contribution in [0.4, 0.5) is 0 Å². The lowest BCUT2D eigenvalue weighted by molar-refractivity contribution is -0.759. The number of pyridine rings is 1. The minimum atomic E-state index is -4.50. The summed E-state index contributed by atoms with van der Waals surface area (Å²) >= 11 is 0. The van der Waals surface area contributed by atoms with Crippen molar-refractivity contribution in [2.75, 3.05) is 6.61 Å². The third-order valence-electron chi connectivity index (χ3n) is 2.92. The Hall–Kier alpha value is -1.31. The van der Waals surface area contributed by atoms with E-state index in [4.69, 9.17) is 19.6 Å². The van der Waals surface area contributed by atoms with Crippen LogP contribution in [-0.2, 0) is 13.8 Å². The Morgan fingerprint density at radius 3 is 2.90 bits per heavy atom. The number of nitrogens with zero attached hydrogens (tertiary/aromatic N) is 1. The number of ether oxygens (including phenoxy) is 1. The van der Waals surface area contributed by atoms with Gasteiger partial charge in [-0.25, -0.2) is 9.36 Å². The zero-order valence-corrected chi connectivity index (χ0v) is 11.3. The quantitative estimate of drug-likeness (QED) is 0.534. The lowest BCUT2D eigenvalue weighted by Crippen LogP contribution is -2.39. The van der Waals surface area contributed by atoms with E-state index >= 15 is 0 Å². The van der Waals surface area contributed by atoms with Gasteiger partial charge in [0.15, 0.2) is 12.4 Å². The minimum absolute atomic E-state index is 0.144. The number of phosphoric acid groups is 1. The van der Waals surface area contributed by atoms with Crippen LogP contribution in [-0.4, -0.2) is 33.6 Å². The molecule has 0 spiro atoms. The van der Waals surface area contributed by atoms with Gasteiger partial charge in [0.25, 0.3) is 6.23 Å². The predicted molar refractivity (Wildman–Crippen MR) is 64.7 cm³/mol. The van der Waals surface area contributed by atoms with Crippen molar-refractivity contribution in [1.29, 1.82) is 0 Å². The van der Waals surface area contributed by atoms with Crippen LogP contribution < -0.4 is 4.57 Å². The monoisotopic (exact) mass is 304 g/mol. The van der Waals surface area contributed by atoms with Gasteiger partial charge in [0.2, 0.25) is 0 Å². The van der Waals surface area contributed by atoms with Gasteiger partial charge in [-0.2, -0.15) is 4.57 Å². The van der Waals surface area contributed by atoms with E-state index in [0.29, 0.717) is 12.8 Å². The number of hydrogen-bond donors (Lipinski definition) is 3. The van der Waals surface area contributed by atoms with Crippen LogP contribution in [0.1, 0.15) is 29.4 Å². The molecule has 110 valence electrons. The van der Waals surface area contributed by atoms with Crippen molar-refractivity contribution in [2.24, 2.45) is 0 Å². The molecule has 20 heavy (non-hydrogen) atoms. The maximum Gasteiger partial charge on any atom is 0.469 e. The Bertz CT molecular complexity index is 543. The van der Waals surface area contributed by atoms with Crippen molar-refractivity contribution in [3.05, 3.63) is 30.1 Å². The van der Waals surface area contributed by atoms with E-state index in [2.05, 4.69) is 4.52 Å². The SMILES string of the molecule is O=C(O)c1ccc[n+](C2CCC(COP(=O)(O)O)O2)c1. The van der Waals surface area contributed by atoms with Crippen LogP contribution in [0, 0.1) is 0 Å². The lowest BCUT2D eigenvalue weighted by atomic mass is 10.2. The van der Waals surface area contributed by atoms with Crippen molar-refractivity contribution >= 4 is 13.8 Å².